The fourth-order valence-corrected chi connectivity index (χ4v) is 6.55. The lowest BCUT2D eigenvalue weighted by Gasteiger charge is -2.34. The molecule has 0 aromatic heterocycles. The first-order chi connectivity index (χ1) is 14.9. The number of carbonyl (C=O) groups is 2. The van der Waals surface area contributed by atoms with Crippen LogP contribution < -0.4 is 20.5 Å². The number of piperidine rings is 1. The zero-order valence-corrected chi connectivity index (χ0v) is 17.9. The highest BCUT2D eigenvalue weighted by Crippen LogP contribution is 2.66. The molecule has 0 radical (unpaired) electrons. The van der Waals surface area contributed by atoms with Crippen LogP contribution in [0.1, 0.15) is 19.3 Å². The first-order valence-corrected chi connectivity index (χ1v) is 11.9. The van der Waals surface area contributed by atoms with Crippen molar-refractivity contribution in [2.75, 3.05) is 6.54 Å². The van der Waals surface area contributed by atoms with Crippen molar-refractivity contribution in [2.24, 2.45) is 23.3 Å². The molecule has 1 saturated heterocycles. The molecule has 2 aliphatic rings. The second-order valence-corrected chi connectivity index (χ2v) is 10.00. The number of carbonyl (C=O) groups excluding carboxylic acids is 2. The SMILES string of the molecule is NC(=O)CC[C@H](N)C(=O)N1CC2CC2C1P(=O)(Oc1ccccc1)Oc1ccccc1. The number of hydrogen-bond acceptors (Lipinski definition) is 6. The molecule has 4 atom stereocenters. The molecule has 1 saturated carbocycles. The average molecular weight is 443 g/mol. The molecule has 2 fully saturated rings. The molecule has 4 N–H and O–H groups in total. The van der Waals surface area contributed by atoms with Crippen molar-refractivity contribution >= 4 is 19.4 Å². The van der Waals surface area contributed by atoms with E-state index >= 15 is 0 Å². The van der Waals surface area contributed by atoms with E-state index in [-0.39, 0.29) is 30.6 Å². The van der Waals surface area contributed by atoms with E-state index < -0.39 is 25.3 Å². The second-order valence-electron chi connectivity index (χ2n) is 8.02. The maximum atomic E-state index is 14.2. The Kier molecular flexibility index (Phi) is 6.03. The number of amides is 2. The largest absolute Gasteiger partial charge is 0.453 e. The lowest BCUT2D eigenvalue weighted by atomic mass is 10.1. The number of likely N-dealkylation sites (tertiary alicyclic amines) is 1. The third-order valence-corrected chi connectivity index (χ3v) is 7.93. The van der Waals surface area contributed by atoms with Gasteiger partial charge in [-0.2, -0.15) is 0 Å². The summed E-state index contributed by atoms with van der Waals surface area (Å²) in [4.78, 5) is 25.7. The Morgan fingerprint density at radius 1 is 1.03 bits per heavy atom. The van der Waals surface area contributed by atoms with E-state index in [2.05, 4.69) is 0 Å². The molecule has 4 rings (SSSR count). The summed E-state index contributed by atoms with van der Waals surface area (Å²) in [7, 11) is -3.86. The monoisotopic (exact) mass is 443 g/mol. The molecule has 2 aromatic carbocycles. The smallest absolute Gasteiger partial charge is 0.415 e. The van der Waals surface area contributed by atoms with E-state index in [0.717, 1.165) is 6.42 Å². The van der Waals surface area contributed by atoms with Gasteiger partial charge < -0.3 is 25.4 Å². The Labute approximate surface area is 181 Å². The highest BCUT2D eigenvalue weighted by atomic mass is 31.2. The third kappa shape index (κ3) is 4.75. The summed E-state index contributed by atoms with van der Waals surface area (Å²) in [6.45, 7) is 0.443. The predicted molar refractivity (Wildman–Crippen MR) is 115 cm³/mol. The minimum absolute atomic E-state index is 0.0109. The average Bonchev–Trinajstić information content (AvgIpc) is 3.41. The van der Waals surface area contributed by atoms with Crippen LogP contribution in [0.25, 0.3) is 0 Å². The van der Waals surface area contributed by atoms with Crippen LogP contribution in [0.4, 0.5) is 0 Å². The Balaban J connectivity index is 1.63. The van der Waals surface area contributed by atoms with Crippen LogP contribution >= 0.6 is 7.60 Å². The molecular weight excluding hydrogens is 417 g/mol. The van der Waals surface area contributed by atoms with Gasteiger partial charge in [-0.05, 0) is 48.9 Å². The van der Waals surface area contributed by atoms with E-state index in [1.54, 1.807) is 48.5 Å². The van der Waals surface area contributed by atoms with Crippen LogP contribution in [0.3, 0.4) is 0 Å². The van der Waals surface area contributed by atoms with E-state index in [4.69, 9.17) is 20.5 Å². The molecule has 2 aromatic rings. The molecule has 9 heteroatoms. The first kappa shape index (κ1) is 21.4. The Bertz CT molecular complexity index is 942. The molecule has 0 spiro atoms. The lowest BCUT2D eigenvalue weighted by Crippen LogP contribution is -2.48. The van der Waals surface area contributed by atoms with Crippen LogP contribution in [-0.2, 0) is 14.2 Å². The number of nitrogens with two attached hydrogens (primary N) is 2. The van der Waals surface area contributed by atoms with E-state index in [0.29, 0.717) is 18.0 Å². The van der Waals surface area contributed by atoms with Gasteiger partial charge in [0.15, 0.2) is 5.78 Å². The third-order valence-electron chi connectivity index (χ3n) is 5.69. The highest BCUT2D eigenvalue weighted by Gasteiger charge is 2.63. The van der Waals surface area contributed by atoms with Crippen LogP contribution in [-0.4, -0.2) is 35.1 Å². The van der Waals surface area contributed by atoms with Gasteiger partial charge in [0.1, 0.15) is 11.5 Å². The molecule has 8 nitrogen and oxygen atoms in total. The molecular formula is C22H26N3O5P. The Hall–Kier alpha value is -2.83. The predicted octanol–water partition coefficient (Wildman–Crippen LogP) is 2.73. The van der Waals surface area contributed by atoms with Crippen LogP contribution in [0, 0.1) is 11.8 Å². The summed E-state index contributed by atoms with van der Waals surface area (Å²) < 4.78 is 26.2. The summed E-state index contributed by atoms with van der Waals surface area (Å²) >= 11 is 0. The number of fused-ring (bicyclic) bond motifs is 1. The molecule has 2 amide bonds. The summed E-state index contributed by atoms with van der Waals surface area (Å²) in [6, 6.07) is 16.7. The Morgan fingerprint density at radius 3 is 2.10 bits per heavy atom. The van der Waals surface area contributed by atoms with Crippen molar-refractivity contribution in [1.82, 2.24) is 4.90 Å². The summed E-state index contributed by atoms with van der Waals surface area (Å²) in [5.74, 6) is -0.575. The zero-order chi connectivity index (χ0) is 22.0. The number of rotatable bonds is 9. The van der Waals surface area contributed by atoms with Gasteiger partial charge >= 0.3 is 7.60 Å². The van der Waals surface area contributed by atoms with Gasteiger partial charge in [-0.15, -0.1) is 0 Å². The van der Waals surface area contributed by atoms with E-state index in [1.165, 1.54) is 4.90 Å². The van der Waals surface area contributed by atoms with Crippen LogP contribution in [0.2, 0.25) is 0 Å². The van der Waals surface area contributed by atoms with E-state index in [9.17, 15) is 14.2 Å². The lowest BCUT2D eigenvalue weighted by molar-refractivity contribution is -0.133. The summed E-state index contributed by atoms with van der Waals surface area (Å²) in [5, 5.41) is 0. The summed E-state index contributed by atoms with van der Waals surface area (Å²) in [5.41, 5.74) is 11.2. The number of para-hydroxylation sites is 2. The molecule has 1 aliphatic heterocycles. The second kappa shape index (κ2) is 8.73. The molecule has 31 heavy (non-hydrogen) atoms. The minimum Gasteiger partial charge on any atom is -0.415 e. The van der Waals surface area contributed by atoms with Gasteiger partial charge in [0, 0.05) is 13.0 Å². The Morgan fingerprint density at radius 2 is 1.58 bits per heavy atom. The topological polar surface area (TPSA) is 125 Å². The van der Waals surface area contributed by atoms with E-state index in [1.807, 2.05) is 12.1 Å². The van der Waals surface area contributed by atoms with Crippen molar-refractivity contribution < 1.29 is 23.2 Å². The number of primary amides is 1. The van der Waals surface area contributed by atoms with Gasteiger partial charge in [0.05, 0.1) is 6.04 Å². The van der Waals surface area contributed by atoms with Crippen molar-refractivity contribution in [3.8, 4) is 11.5 Å². The fraction of sp³-hybridized carbons (Fsp3) is 0.364. The van der Waals surface area contributed by atoms with Crippen molar-refractivity contribution in [2.45, 2.75) is 31.1 Å². The standard InChI is InChI=1S/C22H26N3O5P/c23-19(11-12-20(24)26)21(27)25-14-15-13-18(15)22(25)31(28,29-16-7-3-1-4-8-16)30-17-9-5-2-6-10-17/h1-10,15,18-19,22H,11-14,23H2,(H2,24,26)/t15?,18?,19-,22?/m0/s1. The van der Waals surface area contributed by atoms with Gasteiger partial charge in [-0.3, -0.25) is 9.59 Å². The quantitative estimate of drug-likeness (QED) is 0.574. The van der Waals surface area contributed by atoms with Crippen LogP contribution in [0.5, 0.6) is 11.5 Å². The van der Waals surface area contributed by atoms with Gasteiger partial charge in [-0.25, -0.2) is 4.57 Å². The van der Waals surface area contributed by atoms with Crippen LogP contribution in [0.15, 0.2) is 60.7 Å². The zero-order valence-electron chi connectivity index (χ0n) is 17.0. The van der Waals surface area contributed by atoms with Crippen molar-refractivity contribution in [1.29, 1.82) is 0 Å². The molecule has 164 valence electrons. The maximum absolute atomic E-state index is 14.2. The molecule has 0 bridgehead atoms. The first-order valence-electron chi connectivity index (χ1n) is 10.3. The number of hydrogen-bond donors (Lipinski definition) is 2. The van der Waals surface area contributed by atoms with Crippen molar-refractivity contribution in [3.05, 3.63) is 60.7 Å². The number of nitrogens with zero attached hydrogens (tertiary/aromatic N) is 1. The molecule has 1 heterocycles. The molecule has 1 aliphatic carbocycles. The van der Waals surface area contributed by atoms with Gasteiger partial charge in [0.2, 0.25) is 11.8 Å². The maximum Gasteiger partial charge on any atom is 0.453 e. The van der Waals surface area contributed by atoms with Crippen molar-refractivity contribution in [3.63, 3.8) is 0 Å². The fourth-order valence-electron chi connectivity index (χ4n) is 4.08. The van der Waals surface area contributed by atoms with Gasteiger partial charge in [-0.1, -0.05) is 36.4 Å². The highest BCUT2D eigenvalue weighted by molar-refractivity contribution is 7.55. The van der Waals surface area contributed by atoms with Gasteiger partial charge in [0.25, 0.3) is 0 Å². The molecule has 3 unspecified atom stereocenters. The summed E-state index contributed by atoms with van der Waals surface area (Å²) in [6.07, 6.45) is 0.998. The number of benzene rings is 2. The normalized spacial score (nSPS) is 23.0. The minimum atomic E-state index is -3.86.